The lowest BCUT2D eigenvalue weighted by Crippen LogP contribution is -2.15. The van der Waals surface area contributed by atoms with Crippen molar-refractivity contribution in [1.29, 1.82) is 0 Å². The first-order valence-corrected chi connectivity index (χ1v) is 13.3. The van der Waals surface area contributed by atoms with Crippen LogP contribution in [0.25, 0.3) is 11.4 Å². The van der Waals surface area contributed by atoms with E-state index in [1.54, 1.807) is 0 Å². The van der Waals surface area contributed by atoms with E-state index < -0.39 is 0 Å². The summed E-state index contributed by atoms with van der Waals surface area (Å²) in [6.45, 7) is 11.0. The number of carbonyl (C=O) groups is 1. The summed E-state index contributed by atoms with van der Waals surface area (Å²) in [7, 11) is 0. The zero-order valence-electron chi connectivity index (χ0n) is 21.0. The van der Waals surface area contributed by atoms with Gasteiger partial charge in [-0.3, -0.25) is 9.36 Å². The number of aromatic nitrogens is 3. The van der Waals surface area contributed by atoms with Gasteiger partial charge in [-0.1, -0.05) is 95.6 Å². The first-order chi connectivity index (χ1) is 16.2. The highest BCUT2D eigenvalue weighted by Crippen LogP contribution is 2.37. The van der Waals surface area contributed by atoms with E-state index in [-0.39, 0.29) is 11.3 Å². The Bertz CT molecular complexity index is 1100. The van der Waals surface area contributed by atoms with Crippen molar-refractivity contribution in [3.63, 3.8) is 0 Å². The number of carbonyl (C=O) groups excluding carboxylic acids is 1. The molecule has 3 aromatic rings. The van der Waals surface area contributed by atoms with E-state index in [1.807, 2.05) is 12.1 Å². The summed E-state index contributed by atoms with van der Waals surface area (Å²) in [6, 6.07) is 17.2. The standard InChI is InChI=1S/C28H36N4OS/c1-19(2)20-12-16-23(17-13-20)29-25(33)18-34-27-31-30-26(32(27)24-8-6-7-9-24)21-10-14-22(15-11-21)28(3,4)5/h10-17,19,24H,6-9,18H2,1-5H3,(H,29,33). The molecule has 4 rings (SSSR count). The van der Waals surface area contributed by atoms with Gasteiger partial charge in [0.25, 0.3) is 0 Å². The number of benzene rings is 2. The highest BCUT2D eigenvalue weighted by molar-refractivity contribution is 7.99. The zero-order chi connectivity index (χ0) is 24.3. The Morgan fingerprint density at radius 3 is 2.26 bits per heavy atom. The highest BCUT2D eigenvalue weighted by Gasteiger charge is 2.25. The van der Waals surface area contributed by atoms with Crippen LogP contribution >= 0.6 is 11.8 Å². The number of hydrogen-bond donors (Lipinski definition) is 1. The lowest BCUT2D eigenvalue weighted by molar-refractivity contribution is -0.113. The maximum atomic E-state index is 12.7. The molecule has 0 radical (unpaired) electrons. The van der Waals surface area contributed by atoms with Crippen molar-refractivity contribution in [2.45, 2.75) is 82.8 Å². The molecule has 6 heteroatoms. The minimum Gasteiger partial charge on any atom is -0.325 e. The monoisotopic (exact) mass is 476 g/mol. The number of hydrogen-bond acceptors (Lipinski definition) is 4. The predicted molar refractivity (Wildman–Crippen MR) is 142 cm³/mol. The molecular formula is C28H36N4OS. The van der Waals surface area contributed by atoms with Crippen molar-refractivity contribution in [3.8, 4) is 11.4 Å². The summed E-state index contributed by atoms with van der Waals surface area (Å²) in [5.74, 6) is 1.65. The van der Waals surface area contributed by atoms with Crippen LogP contribution in [0.15, 0.2) is 53.7 Å². The maximum Gasteiger partial charge on any atom is 0.234 e. The van der Waals surface area contributed by atoms with Crippen LogP contribution in [0.5, 0.6) is 0 Å². The molecule has 34 heavy (non-hydrogen) atoms. The van der Waals surface area contributed by atoms with Crippen LogP contribution in [-0.2, 0) is 10.2 Å². The van der Waals surface area contributed by atoms with Gasteiger partial charge in [0.05, 0.1) is 5.75 Å². The molecule has 1 fully saturated rings. The van der Waals surface area contributed by atoms with Crippen molar-refractivity contribution >= 4 is 23.4 Å². The van der Waals surface area contributed by atoms with Crippen LogP contribution in [0.3, 0.4) is 0 Å². The van der Waals surface area contributed by atoms with E-state index in [4.69, 9.17) is 0 Å². The van der Waals surface area contributed by atoms with E-state index >= 15 is 0 Å². The van der Waals surface area contributed by atoms with Gasteiger partial charge in [0, 0.05) is 17.3 Å². The van der Waals surface area contributed by atoms with E-state index in [1.165, 1.54) is 35.7 Å². The second-order valence-electron chi connectivity index (χ2n) is 10.6. The van der Waals surface area contributed by atoms with Gasteiger partial charge in [-0.25, -0.2) is 0 Å². The van der Waals surface area contributed by atoms with Gasteiger partial charge in [-0.05, 0) is 47.4 Å². The summed E-state index contributed by atoms with van der Waals surface area (Å²) >= 11 is 1.47. The molecule has 1 heterocycles. The fourth-order valence-electron chi connectivity index (χ4n) is 4.46. The molecule has 0 atom stereocenters. The van der Waals surface area contributed by atoms with Crippen molar-refractivity contribution in [1.82, 2.24) is 14.8 Å². The van der Waals surface area contributed by atoms with Crippen molar-refractivity contribution in [2.24, 2.45) is 0 Å². The number of thioether (sulfide) groups is 1. The third-order valence-corrected chi connectivity index (χ3v) is 7.50. The molecule has 1 saturated carbocycles. The zero-order valence-corrected chi connectivity index (χ0v) is 21.8. The lowest BCUT2D eigenvalue weighted by atomic mass is 9.86. The summed E-state index contributed by atoms with van der Waals surface area (Å²) in [4.78, 5) is 12.7. The van der Waals surface area contributed by atoms with Crippen LogP contribution in [0.2, 0.25) is 0 Å². The van der Waals surface area contributed by atoms with E-state index in [0.717, 1.165) is 35.1 Å². The molecule has 1 aromatic heterocycles. The number of nitrogens with one attached hydrogen (secondary N) is 1. The number of amides is 1. The van der Waals surface area contributed by atoms with Crippen LogP contribution in [0.4, 0.5) is 5.69 Å². The Balaban J connectivity index is 1.49. The quantitative estimate of drug-likeness (QED) is 0.366. The van der Waals surface area contributed by atoms with Crippen molar-refractivity contribution < 1.29 is 4.79 Å². The van der Waals surface area contributed by atoms with Crippen LogP contribution in [-0.4, -0.2) is 26.4 Å². The second-order valence-corrected chi connectivity index (χ2v) is 11.5. The topological polar surface area (TPSA) is 59.8 Å². The van der Waals surface area contributed by atoms with Gasteiger partial charge in [-0.2, -0.15) is 0 Å². The lowest BCUT2D eigenvalue weighted by Gasteiger charge is -2.20. The van der Waals surface area contributed by atoms with Crippen LogP contribution < -0.4 is 5.32 Å². The molecular weight excluding hydrogens is 440 g/mol. The van der Waals surface area contributed by atoms with Crippen LogP contribution in [0, 0.1) is 0 Å². The van der Waals surface area contributed by atoms with Gasteiger partial charge in [-0.15, -0.1) is 10.2 Å². The molecule has 1 aliphatic carbocycles. The number of anilines is 1. The molecule has 180 valence electrons. The number of rotatable bonds is 7. The molecule has 1 amide bonds. The van der Waals surface area contributed by atoms with Gasteiger partial charge < -0.3 is 5.32 Å². The Hall–Kier alpha value is -2.60. The Kier molecular flexibility index (Phi) is 7.46. The average Bonchev–Trinajstić information content (AvgIpc) is 3.47. The Morgan fingerprint density at radius 2 is 1.68 bits per heavy atom. The molecule has 1 N–H and O–H groups in total. The second kappa shape index (κ2) is 10.3. The average molecular weight is 477 g/mol. The molecule has 2 aromatic carbocycles. The summed E-state index contributed by atoms with van der Waals surface area (Å²) < 4.78 is 2.27. The van der Waals surface area contributed by atoms with Gasteiger partial charge in [0.15, 0.2) is 11.0 Å². The van der Waals surface area contributed by atoms with E-state index in [2.05, 4.69) is 91.1 Å². The predicted octanol–water partition coefficient (Wildman–Crippen LogP) is 7.21. The summed E-state index contributed by atoms with van der Waals surface area (Å²) in [6.07, 6.45) is 4.71. The molecule has 0 bridgehead atoms. The normalized spacial score (nSPS) is 14.6. The molecule has 0 aliphatic heterocycles. The molecule has 1 aliphatic rings. The van der Waals surface area contributed by atoms with Crippen molar-refractivity contribution in [3.05, 3.63) is 59.7 Å². The molecule has 0 spiro atoms. The fraction of sp³-hybridized carbons (Fsp3) is 0.464. The summed E-state index contributed by atoms with van der Waals surface area (Å²) in [5.41, 5.74) is 4.58. The SMILES string of the molecule is CC(C)c1ccc(NC(=O)CSc2nnc(-c3ccc(C(C)(C)C)cc3)n2C2CCCC2)cc1. The minimum atomic E-state index is -0.0284. The van der Waals surface area contributed by atoms with Gasteiger partial charge in [0.1, 0.15) is 0 Å². The van der Waals surface area contributed by atoms with E-state index in [9.17, 15) is 4.79 Å². The highest BCUT2D eigenvalue weighted by atomic mass is 32.2. The minimum absolute atomic E-state index is 0.0284. The van der Waals surface area contributed by atoms with Crippen molar-refractivity contribution in [2.75, 3.05) is 11.1 Å². The summed E-state index contributed by atoms with van der Waals surface area (Å²) in [5, 5.41) is 12.9. The maximum absolute atomic E-state index is 12.7. The third-order valence-electron chi connectivity index (χ3n) is 6.56. The molecule has 5 nitrogen and oxygen atoms in total. The fourth-order valence-corrected chi connectivity index (χ4v) is 5.27. The first kappa shape index (κ1) is 24.5. The largest absolute Gasteiger partial charge is 0.325 e. The number of nitrogens with zero attached hydrogens (tertiary/aromatic N) is 3. The van der Waals surface area contributed by atoms with E-state index in [0.29, 0.717) is 17.7 Å². The Labute approximate surface area is 207 Å². The third kappa shape index (κ3) is 5.72. The van der Waals surface area contributed by atoms with Gasteiger partial charge in [0.2, 0.25) is 5.91 Å². The van der Waals surface area contributed by atoms with Gasteiger partial charge >= 0.3 is 0 Å². The first-order valence-electron chi connectivity index (χ1n) is 12.3. The molecule has 0 saturated heterocycles. The Morgan fingerprint density at radius 1 is 1.03 bits per heavy atom. The molecule has 0 unspecified atom stereocenters. The van der Waals surface area contributed by atoms with Crippen LogP contribution in [0.1, 0.15) is 83.4 Å². The smallest absolute Gasteiger partial charge is 0.234 e.